The number of hydrogen-bond donors (Lipinski definition) is 2. The van der Waals surface area contributed by atoms with Gasteiger partial charge in [-0.3, -0.25) is 5.10 Å². The summed E-state index contributed by atoms with van der Waals surface area (Å²) < 4.78 is 11.5. The topological polar surface area (TPSA) is 97.3 Å². The van der Waals surface area contributed by atoms with Crippen LogP contribution in [0.5, 0.6) is 11.5 Å². The Hall–Kier alpha value is -2.75. The molecule has 0 saturated heterocycles. The molecule has 0 saturated carbocycles. The summed E-state index contributed by atoms with van der Waals surface area (Å²) in [6.45, 7) is 3.98. The first kappa shape index (κ1) is 22.9. The van der Waals surface area contributed by atoms with Gasteiger partial charge in [-0.1, -0.05) is 30.3 Å². The number of hydrogen-bond acceptors (Lipinski definition) is 6. The van der Waals surface area contributed by atoms with Gasteiger partial charge in [0.25, 0.3) is 0 Å². The minimum atomic E-state index is -1.10. The number of methoxy groups -OCH3 is 1. The smallest absolute Gasteiger partial charge is 0.342 e. The first-order valence-corrected chi connectivity index (χ1v) is 10.8. The molecule has 3 aromatic rings. The van der Waals surface area contributed by atoms with Gasteiger partial charge in [-0.25, -0.2) is 9.78 Å². The van der Waals surface area contributed by atoms with Gasteiger partial charge in [0.15, 0.2) is 5.82 Å². The van der Waals surface area contributed by atoms with Gasteiger partial charge in [-0.15, -0.1) is 5.10 Å². The fraction of sp³-hybridized carbons (Fsp3) is 0.0952. The van der Waals surface area contributed by atoms with Crippen molar-refractivity contribution in [3.8, 4) is 22.9 Å². The van der Waals surface area contributed by atoms with Crippen molar-refractivity contribution < 1.29 is 19.4 Å². The van der Waals surface area contributed by atoms with E-state index in [-0.39, 0.29) is 10.1 Å². The molecule has 0 fully saturated rings. The summed E-state index contributed by atoms with van der Waals surface area (Å²) in [6.07, 6.45) is 3.18. The highest BCUT2D eigenvalue weighted by molar-refractivity contribution is 9.10. The van der Waals surface area contributed by atoms with E-state index in [1.807, 2.05) is 0 Å². The first-order chi connectivity index (χ1) is 14.9. The number of carboxylic acids is 1. The SMILES string of the molecule is C=CCOc1ccc(/C=C(\Sc2n[nH]c(-c3cc(Cl)ccc3OC)n2)C(=O)O)cc1Br. The number of aromatic amines is 1. The van der Waals surface area contributed by atoms with Gasteiger partial charge in [0.05, 0.1) is 17.1 Å². The van der Waals surface area contributed by atoms with E-state index in [0.717, 1.165) is 11.8 Å². The second-order valence-electron chi connectivity index (χ2n) is 6.02. The number of benzene rings is 2. The zero-order valence-electron chi connectivity index (χ0n) is 16.3. The molecule has 10 heteroatoms. The highest BCUT2D eigenvalue weighted by atomic mass is 79.9. The number of H-pyrrole nitrogens is 1. The Morgan fingerprint density at radius 3 is 2.77 bits per heavy atom. The van der Waals surface area contributed by atoms with E-state index >= 15 is 0 Å². The molecule has 0 atom stereocenters. The van der Waals surface area contributed by atoms with Crippen molar-refractivity contribution >= 4 is 51.3 Å². The molecule has 0 aliphatic carbocycles. The number of carbonyl (C=O) groups is 1. The second kappa shape index (κ2) is 10.5. The second-order valence-corrected chi connectivity index (χ2v) is 8.32. The van der Waals surface area contributed by atoms with Gasteiger partial charge in [-0.2, -0.15) is 0 Å². The van der Waals surface area contributed by atoms with Crippen LogP contribution >= 0.6 is 39.3 Å². The Kier molecular flexibility index (Phi) is 7.78. The van der Waals surface area contributed by atoms with E-state index in [1.54, 1.807) is 42.5 Å². The molecule has 160 valence electrons. The molecular formula is C21H17BrClN3O4S. The number of aliphatic carboxylic acids is 1. The average molecular weight is 523 g/mol. The van der Waals surface area contributed by atoms with E-state index in [0.29, 0.717) is 44.6 Å². The van der Waals surface area contributed by atoms with Gasteiger partial charge in [-0.05, 0) is 69.7 Å². The molecule has 0 radical (unpaired) electrons. The third-order valence-electron chi connectivity index (χ3n) is 3.90. The maximum absolute atomic E-state index is 11.8. The van der Waals surface area contributed by atoms with Crippen molar-refractivity contribution in [3.63, 3.8) is 0 Å². The van der Waals surface area contributed by atoms with E-state index < -0.39 is 5.97 Å². The van der Waals surface area contributed by atoms with Crippen molar-refractivity contribution in [2.24, 2.45) is 0 Å². The summed E-state index contributed by atoms with van der Waals surface area (Å²) in [5.41, 5.74) is 1.30. The van der Waals surface area contributed by atoms with Gasteiger partial charge >= 0.3 is 5.97 Å². The van der Waals surface area contributed by atoms with Crippen LogP contribution in [0, 0.1) is 0 Å². The van der Waals surface area contributed by atoms with Crippen LogP contribution in [0.15, 0.2) is 63.6 Å². The van der Waals surface area contributed by atoms with Crippen molar-refractivity contribution in [1.29, 1.82) is 0 Å². The fourth-order valence-electron chi connectivity index (χ4n) is 2.53. The van der Waals surface area contributed by atoms with Crippen molar-refractivity contribution in [1.82, 2.24) is 15.2 Å². The molecular weight excluding hydrogens is 506 g/mol. The molecule has 1 aromatic heterocycles. The third-order valence-corrected chi connectivity index (χ3v) is 5.64. The van der Waals surface area contributed by atoms with Crippen LogP contribution in [0.1, 0.15) is 5.56 Å². The Bertz CT molecular complexity index is 1150. The Labute approximate surface area is 196 Å². The standard InChI is InChI=1S/C21H17BrClN3O4S/c1-3-8-30-17-6-4-12(9-15(17)22)10-18(20(27)28)31-21-24-19(25-26-21)14-11-13(23)5-7-16(14)29-2/h3-7,9-11H,1,8H2,2H3,(H,27,28)(H,24,25,26)/b18-10-. The Morgan fingerprint density at radius 1 is 1.32 bits per heavy atom. The van der Waals surface area contributed by atoms with E-state index in [9.17, 15) is 9.90 Å². The molecule has 0 amide bonds. The average Bonchev–Trinajstić information content (AvgIpc) is 3.21. The number of aromatic nitrogens is 3. The van der Waals surface area contributed by atoms with Crippen molar-refractivity contribution in [2.75, 3.05) is 13.7 Å². The predicted octanol–water partition coefficient (Wildman–Crippen LogP) is 5.68. The summed E-state index contributed by atoms with van der Waals surface area (Å²) in [4.78, 5) is 16.2. The molecule has 0 spiro atoms. The molecule has 0 aliphatic rings. The molecule has 7 nitrogen and oxygen atoms in total. The Balaban J connectivity index is 1.85. The third kappa shape index (κ3) is 5.90. The number of carboxylic acid groups (broad SMARTS) is 1. The summed E-state index contributed by atoms with van der Waals surface area (Å²) in [5.74, 6) is 0.517. The van der Waals surface area contributed by atoms with Crippen LogP contribution in [-0.2, 0) is 4.79 Å². The number of nitrogens with zero attached hydrogens (tertiary/aromatic N) is 2. The van der Waals surface area contributed by atoms with Crippen LogP contribution in [-0.4, -0.2) is 40.0 Å². The number of thioether (sulfide) groups is 1. The van der Waals surface area contributed by atoms with Gasteiger partial charge in [0, 0.05) is 5.02 Å². The number of rotatable bonds is 9. The summed E-state index contributed by atoms with van der Waals surface area (Å²) in [7, 11) is 1.54. The van der Waals surface area contributed by atoms with Crippen LogP contribution in [0.25, 0.3) is 17.5 Å². The van der Waals surface area contributed by atoms with Crippen molar-refractivity contribution in [2.45, 2.75) is 5.16 Å². The lowest BCUT2D eigenvalue weighted by atomic mass is 10.2. The molecule has 2 N–H and O–H groups in total. The number of ether oxygens (including phenoxy) is 2. The van der Waals surface area contributed by atoms with E-state index in [4.69, 9.17) is 21.1 Å². The van der Waals surface area contributed by atoms with Gasteiger partial charge in [0.2, 0.25) is 5.16 Å². The predicted molar refractivity (Wildman–Crippen MR) is 125 cm³/mol. The molecule has 1 heterocycles. The Morgan fingerprint density at radius 2 is 2.10 bits per heavy atom. The zero-order valence-corrected chi connectivity index (χ0v) is 19.4. The zero-order chi connectivity index (χ0) is 22.4. The highest BCUT2D eigenvalue weighted by Crippen LogP contribution is 2.33. The monoisotopic (exact) mass is 521 g/mol. The van der Waals surface area contributed by atoms with Crippen LogP contribution in [0.4, 0.5) is 0 Å². The summed E-state index contributed by atoms with van der Waals surface area (Å²) in [5, 5.41) is 17.3. The van der Waals surface area contributed by atoms with E-state index in [1.165, 1.54) is 13.2 Å². The quantitative estimate of drug-likeness (QED) is 0.212. The maximum Gasteiger partial charge on any atom is 0.342 e. The molecule has 0 unspecified atom stereocenters. The van der Waals surface area contributed by atoms with Gasteiger partial charge in [0.1, 0.15) is 23.0 Å². The highest BCUT2D eigenvalue weighted by Gasteiger charge is 2.16. The van der Waals surface area contributed by atoms with Gasteiger partial charge < -0.3 is 14.6 Å². The normalized spacial score (nSPS) is 11.3. The lowest BCUT2D eigenvalue weighted by Gasteiger charge is -2.07. The molecule has 0 aliphatic heterocycles. The largest absolute Gasteiger partial charge is 0.496 e. The number of nitrogens with one attached hydrogen (secondary N) is 1. The number of halogens is 2. The minimum absolute atomic E-state index is 0.0512. The fourth-order valence-corrected chi connectivity index (χ4v) is 3.93. The van der Waals surface area contributed by atoms with Crippen LogP contribution in [0.3, 0.4) is 0 Å². The molecule has 3 rings (SSSR count). The molecule has 31 heavy (non-hydrogen) atoms. The lowest BCUT2D eigenvalue weighted by molar-refractivity contribution is -0.131. The molecule has 0 bridgehead atoms. The lowest BCUT2D eigenvalue weighted by Crippen LogP contribution is -1.98. The van der Waals surface area contributed by atoms with Crippen LogP contribution in [0.2, 0.25) is 5.02 Å². The first-order valence-electron chi connectivity index (χ1n) is 8.83. The summed E-state index contributed by atoms with van der Waals surface area (Å²) in [6, 6.07) is 10.4. The molecule has 2 aromatic carbocycles. The van der Waals surface area contributed by atoms with Crippen molar-refractivity contribution in [3.05, 3.63) is 69.0 Å². The maximum atomic E-state index is 11.8. The van der Waals surface area contributed by atoms with E-state index in [2.05, 4.69) is 37.7 Å². The summed E-state index contributed by atoms with van der Waals surface area (Å²) >= 11 is 10.4. The van der Waals surface area contributed by atoms with Crippen LogP contribution < -0.4 is 9.47 Å². The minimum Gasteiger partial charge on any atom is -0.496 e.